The van der Waals surface area contributed by atoms with Gasteiger partial charge >= 0.3 is 8.60 Å². The van der Waals surface area contributed by atoms with Gasteiger partial charge in [-0.1, -0.05) is 6.08 Å². The lowest BCUT2D eigenvalue weighted by atomic mass is 10.2. The summed E-state index contributed by atoms with van der Waals surface area (Å²) in [4.78, 5) is 27.1. The summed E-state index contributed by atoms with van der Waals surface area (Å²) in [6.45, 7) is 1.07. The van der Waals surface area contributed by atoms with Gasteiger partial charge < -0.3 is 30.1 Å². The van der Waals surface area contributed by atoms with Gasteiger partial charge in [0, 0.05) is 18.4 Å². The highest BCUT2D eigenvalue weighted by Gasteiger charge is 2.16. The minimum Gasteiger partial charge on any atom is -0.376 e. The number of rotatable bonds is 4. The zero-order chi connectivity index (χ0) is 14.1. The predicted octanol–water partition coefficient (Wildman–Crippen LogP) is 0.256. The lowest BCUT2D eigenvalue weighted by molar-refractivity contribution is -0.114. The maximum atomic E-state index is 10.4. The fourth-order valence-electron chi connectivity index (χ4n) is 1.56. The number of dihydropyridines is 1. The van der Waals surface area contributed by atoms with Crippen LogP contribution in [0, 0.1) is 0 Å². The van der Waals surface area contributed by atoms with Gasteiger partial charge in [0.2, 0.25) is 5.91 Å². The monoisotopic (exact) mass is 290 g/mol. The molecule has 0 bridgehead atoms. The van der Waals surface area contributed by atoms with E-state index in [0.29, 0.717) is 18.6 Å². The molecule has 0 aromatic carbocycles. The van der Waals surface area contributed by atoms with Crippen LogP contribution in [0.4, 0.5) is 0 Å². The van der Waals surface area contributed by atoms with Gasteiger partial charge in [0.15, 0.2) is 0 Å². The molecule has 108 valence electrons. The van der Waals surface area contributed by atoms with Crippen LogP contribution in [0.5, 0.6) is 0 Å². The van der Waals surface area contributed by atoms with E-state index in [2.05, 4.69) is 9.84 Å². The highest BCUT2D eigenvalue weighted by Crippen LogP contribution is 2.26. The normalized spacial score (nSPS) is 21.4. The first-order chi connectivity index (χ1) is 9.09. The molecule has 0 saturated carbocycles. The van der Waals surface area contributed by atoms with E-state index in [-0.39, 0.29) is 12.0 Å². The molecule has 0 aromatic heterocycles. The third-order valence-corrected chi connectivity index (χ3v) is 2.91. The molecule has 0 aromatic rings. The molecule has 2 heterocycles. The Kier molecular flexibility index (Phi) is 7.62. The van der Waals surface area contributed by atoms with Crippen molar-refractivity contribution in [3.05, 3.63) is 24.0 Å². The van der Waals surface area contributed by atoms with Crippen molar-refractivity contribution in [3.63, 3.8) is 0 Å². The van der Waals surface area contributed by atoms with Crippen LogP contribution in [-0.2, 0) is 14.1 Å². The number of ether oxygens (including phenoxy) is 1. The van der Waals surface area contributed by atoms with Crippen molar-refractivity contribution in [3.8, 4) is 0 Å². The highest BCUT2D eigenvalue weighted by atomic mass is 31.2. The van der Waals surface area contributed by atoms with Crippen molar-refractivity contribution < 1.29 is 23.8 Å². The molecule has 8 heteroatoms. The Hall–Kier alpha value is -0.980. The highest BCUT2D eigenvalue weighted by molar-refractivity contribution is 7.39. The summed E-state index contributed by atoms with van der Waals surface area (Å²) in [6.07, 6.45) is 7.95. The van der Waals surface area contributed by atoms with Crippen LogP contribution in [0.15, 0.2) is 24.0 Å². The summed E-state index contributed by atoms with van der Waals surface area (Å²) in [6, 6.07) is 0. The lowest BCUT2D eigenvalue weighted by Gasteiger charge is -2.08. The molecule has 2 aliphatic heterocycles. The van der Waals surface area contributed by atoms with Gasteiger partial charge in [0.1, 0.15) is 0 Å². The third-order valence-electron chi connectivity index (χ3n) is 2.53. The number of primary amides is 1. The summed E-state index contributed by atoms with van der Waals surface area (Å²) >= 11 is 0. The third kappa shape index (κ3) is 7.25. The van der Waals surface area contributed by atoms with E-state index in [1.54, 1.807) is 12.4 Å². The largest absolute Gasteiger partial charge is 0.376 e. The molecule has 2 rings (SSSR count). The Morgan fingerprint density at radius 2 is 2.42 bits per heavy atom. The second-order valence-corrected chi connectivity index (χ2v) is 4.75. The number of hydrogen-bond donors (Lipinski definition) is 4. The molecular formula is C11H19N2O5P. The maximum Gasteiger partial charge on any atom is 0.327 e. The van der Waals surface area contributed by atoms with E-state index in [1.807, 2.05) is 6.08 Å². The molecule has 0 spiro atoms. The summed E-state index contributed by atoms with van der Waals surface area (Å²) in [5.41, 5.74) is 5.61. The van der Waals surface area contributed by atoms with Crippen molar-refractivity contribution in [1.29, 1.82) is 0 Å². The molecule has 1 amide bonds. The Morgan fingerprint density at radius 3 is 2.84 bits per heavy atom. The number of nitrogens with two attached hydrogens (primary N) is 1. The SMILES string of the molecule is NC(=O)C1=CNC=CC1.OP(O)OCC1CCCO1. The number of nitrogens with one attached hydrogen (secondary N) is 1. The summed E-state index contributed by atoms with van der Waals surface area (Å²) in [5.74, 6) is -0.355. The summed E-state index contributed by atoms with van der Waals surface area (Å²) < 4.78 is 9.74. The zero-order valence-electron chi connectivity index (χ0n) is 10.5. The number of carbonyl (C=O) groups is 1. The quantitative estimate of drug-likeness (QED) is 0.552. The number of amides is 1. The number of carbonyl (C=O) groups excluding carboxylic acids is 1. The standard InChI is InChI=1S/C6H8N2O.C5H11O4P/c7-6(9)5-2-1-3-8-4-5;6-10(7)9-4-5-2-1-3-8-5/h1,3-4,8H,2H2,(H2,7,9);5-7H,1-4H2. The second-order valence-electron chi connectivity index (χ2n) is 3.99. The average molecular weight is 290 g/mol. The number of allylic oxidation sites excluding steroid dienone is 1. The van der Waals surface area contributed by atoms with Gasteiger partial charge in [0.05, 0.1) is 12.7 Å². The van der Waals surface area contributed by atoms with Crippen LogP contribution in [0.25, 0.3) is 0 Å². The average Bonchev–Trinajstić information content (AvgIpc) is 2.91. The van der Waals surface area contributed by atoms with Crippen molar-refractivity contribution >= 4 is 14.5 Å². The minimum absolute atomic E-state index is 0.0734. The summed E-state index contributed by atoms with van der Waals surface area (Å²) in [5, 5.41) is 2.77. The van der Waals surface area contributed by atoms with Crippen LogP contribution in [0.1, 0.15) is 19.3 Å². The predicted molar refractivity (Wildman–Crippen MR) is 70.5 cm³/mol. The fraction of sp³-hybridized carbons (Fsp3) is 0.545. The van der Waals surface area contributed by atoms with Crippen LogP contribution in [0.3, 0.4) is 0 Å². The van der Waals surface area contributed by atoms with E-state index in [4.69, 9.17) is 20.3 Å². The first-order valence-corrected chi connectivity index (χ1v) is 7.08. The van der Waals surface area contributed by atoms with Crippen LogP contribution in [0.2, 0.25) is 0 Å². The first-order valence-electron chi connectivity index (χ1n) is 5.92. The smallest absolute Gasteiger partial charge is 0.327 e. The van der Waals surface area contributed by atoms with Crippen molar-refractivity contribution in [2.75, 3.05) is 13.2 Å². The Labute approximate surface area is 113 Å². The van der Waals surface area contributed by atoms with Gasteiger partial charge in [-0.15, -0.1) is 0 Å². The van der Waals surface area contributed by atoms with E-state index < -0.39 is 8.60 Å². The lowest BCUT2D eigenvalue weighted by Crippen LogP contribution is -2.17. The topological polar surface area (TPSA) is 114 Å². The molecule has 0 aliphatic carbocycles. The van der Waals surface area contributed by atoms with Gasteiger partial charge in [0.25, 0.3) is 0 Å². The van der Waals surface area contributed by atoms with Crippen molar-refractivity contribution in [2.45, 2.75) is 25.4 Å². The van der Waals surface area contributed by atoms with E-state index in [9.17, 15) is 4.79 Å². The van der Waals surface area contributed by atoms with E-state index in [1.165, 1.54) is 0 Å². The van der Waals surface area contributed by atoms with Crippen molar-refractivity contribution in [1.82, 2.24) is 5.32 Å². The Balaban J connectivity index is 0.000000191. The maximum absolute atomic E-state index is 10.4. The van der Waals surface area contributed by atoms with E-state index >= 15 is 0 Å². The van der Waals surface area contributed by atoms with Gasteiger partial charge in [-0.05, 0) is 25.5 Å². The molecule has 2 aliphatic rings. The molecule has 0 radical (unpaired) electrons. The second kappa shape index (κ2) is 9.01. The van der Waals surface area contributed by atoms with E-state index in [0.717, 1.165) is 19.4 Å². The van der Waals surface area contributed by atoms with Crippen LogP contribution < -0.4 is 11.1 Å². The molecule has 1 fully saturated rings. The van der Waals surface area contributed by atoms with Gasteiger partial charge in [-0.25, -0.2) is 0 Å². The molecule has 7 nitrogen and oxygen atoms in total. The first kappa shape index (κ1) is 16.1. The minimum atomic E-state index is -2.20. The number of hydrogen-bond acceptors (Lipinski definition) is 6. The molecule has 19 heavy (non-hydrogen) atoms. The summed E-state index contributed by atoms with van der Waals surface area (Å²) in [7, 11) is -2.20. The molecular weight excluding hydrogens is 271 g/mol. The Morgan fingerprint density at radius 1 is 1.63 bits per heavy atom. The molecule has 1 atom stereocenters. The van der Waals surface area contributed by atoms with Crippen molar-refractivity contribution in [2.24, 2.45) is 5.73 Å². The molecule has 1 saturated heterocycles. The van der Waals surface area contributed by atoms with Crippen LogP contribution in [-0.4, -0.2) is 35.0 Å². The molecule has 5 N–H and O–H groups in total. The van der Waals surface area contributed by atoms with Crippen LogP contribution >= 0.6 is 8.60 Å². The zero-order valence-corrected chi connectivity index (χ0v) is 11.4. The van der Waals surface area contributed by atoms with Gasteiger partial charge in [-0.3, -0.25) is 4.79 Å². The fourth-order valence-corrected chi connectivity index (χ4v) is 1.86. The van der Waals surface area contributed by atoms with Gasteiger partial charge in [-0.2, -0.15) is 0 Å². The molecule has 1 unspecified atom stereocenters. The Bertz CT molecular complexity index is 340.